The van der Waals surface area contributed by atoms with Gasteiger partial charge in [0.25, 0.3) is 0 Å². The smallest absolute Gasteiger partial charge is 0.408 e. The number of nitrogens with one attached hydrogen (secondary N) is 1. The quantitative estimate of drug-likeness (QED) is 0.756. The molecule has 1 unspecified atom stereocenters. The maximum Gasteiger partial charge on any atom is 0.408 e. The lowest BCUT2D eigenvalue weighted by atomic mass is 10.1. The van der Waals surface area contributed by atoms with Crippen LogP contribution in [-0.2, 0) is 20.4 Å². The molecule has 0 bridgehead atoms. The zero-order chi connectivity index (χ0) is 15.8. The van der Waals surface area contributed by atoms with Crippen LogP contribution in [0.4, 0.5) is 4.79 Å². The predicted octanol–water partition coefficient (Wildman–Crippen LogP) is 2.13. The highest BCUT2D eigenvalue weighted by Gasteiger charge is 2.24. The first-order valence-corrected chi connectivity index (χ1v) is 8.55. The van der Waals surface area contributed by atoms with Gasteiger partial charge < -0.3 is 15.2 Å². The Morgan fingerprint density at radius 1 is 1.29 bits per heavy atom. The van der Waals surface area contributed by atoms with Gasteiger partial charge in [0.05, 0.1) is 0 Å². The second-order valence-electron chi connectivity index (χ2n) is 4.99. The van der Waals surface area contributed by atoms with Gasteiger partial charge in [-0.2, -0.15) is 0 Å². The molecule has 2 atom stereocenters. The number of hydrogen-bond donors (Lipinski definition) is 2. The van der Waals surface area contributed by atoms with Crippen LogP contribution in [-0.4, -0.2) is 41.8 Å². The number of benzene rings is 1. The molecule has 0 saturated carbocycles. The number of ether oxygens (including phenoxy) is 1. The van der Waals surface area contributed by atoms with Crippen molar-refractivity contribution in [2.75, 3.05) is 18.6 Å². The second-order valence-corrected chi connectivity index (χ2v) is 7.15. The SMILES string of the molecule is CC(C)[C@H](NC(=O)OCC[S+](C)c1ccccc1)C(=O)O. The Kier molecular flexibility index (Phi) is 7.08. The van der Waals surface area contributed by atoms with Crippen LogP contribution in [0.2, 0.25) is 0 Å². The van der Waals surface area contributed by atoms with E-state index in [0.717, 1.165) is 5.75 Å². The summed E-state index contributed by atoms with van der Waals surface area (Å²) >= 11 is 0. The summed E-state index contributed by atoms with van der Waals surface area (Å²) in [4.78, 5) is 23.8. The molecule has 0 aromatic heterocycles. The Morgan fingerprint density at radius 3 is 2.43 bits per heavy atom. The highest BCUT2D eigenvalue weighted by Crippen LogP contribution is 2.10. The number of rotatable bonds is 7. The first-order chi connectivity index (χ1) is 9.91. The maximum absolute atomic E-state index is 11.6. The largest absolute Gasteiger partial charge is 0.480 e. The summed E-state index contributed by atoms with van der Waals surface area (Å²) in [5.41, 5.74) is 0. The van der Waals surface area contributed by atoms with Gasteiger partial charge in [-0.1, -0.05) is 32.0 Å². The molecule has 0 aliphatic heterocycles. The molecule has 1 rings (SSSR count). The first-order valence-electron chi connectivity index (χ1n) is 6.75. The fraction of sp³-hybridized carbons (Fsp3) is 0.467. The average molecular weight is 312 g/mol. The molecule has 0 heterocycles. The van der Waals surface area contributed by atoms with Crippen molar-refractivity contribution in [2.45, 2.75) is 24.8 Å². The number of amides is 1. The van der Waals surface area contributed by atoms with Gasteiger partial charge in [-0.15, -0.1) is 0 Å². The number of carboxylic acid groups (broad SMARTS) is 1. The normalized spacial score (nSPS) is 13.5. The summed E-state index contributed by atoms with van der Waals surface area (Å²) in [5, 5.41) is 11.4. The molecule has 116 valence electrons. The standard InChI is InChI=1S/C15H21NO4S/c1-11(2)13(14(17)18)16-15(19)20-9-10-21(3)12-7-5-4-6-8-12/h4-8,11,13H,9-10H2,1-3H3,(H-,16,17,18,19)/p+1/t13-,21?/m0/s1. The van der Waals surface area contributed by atoms with E-state index >= 15 is 0 Å². The lowest BCUT2D eigenvalue weighted by molar-refractivity contribution is -0.140. The van der Waals surface area contributed by atoms with Gasteiger partial charge in [0.2, 0.25) is 0 Å². The number of carbonyl (C=O) groups is 2. The van der Waals surface area contributed by atoms with Gasteiger partial charge in [-0.05, 0) is 18.1 Å². The number of hydrogen-bond acceptors (Lipinski definition) is 3. The number of aliphatic carboxylic acids is 1. The highest BCUT2D eigenvalue weighted by atomic mass is 32.2. The van der Waals surface area contributed by atoms with E-state index in [1.165, 1.54) is 4.90 Å². The van der Waals surface area contributed by atoms with E-state index in [1.54, 1.807) is 13.8 Å². The fourth-order valence-electron chi connectivity index (χ4n) is 1.71. The van der Waals surface area contributed by atoms with Gasteiger partial charge in [0.1, 0.15) is 24.7 Å². The Labute approximate surface area is 128 Å². The molecule has 5 nitrogen and oxygen atoms in total. The van der Waals surface area contributed by atoms with Crippen LogP contribution in [0.15, 0.2) is 35.2 Å². The van der Waals surface area contributed by atoms with Crippen molar-refractivity contribution in [3.8, 4) is 0 Å². The van der Waals surface area contributed by atoms with Crippen LogP contribution in [0.3, 0.4) is 0 Å². The third kappa shape index (κ3) is 6.08. The van der Waals surface area contributed by atoms with E-state index in [0.29, 0.717) is 0 Å². The summed E-state index contributed by atoms with van der Waals surface area (Å²) in [5.74, 6) is -0.529. The lowest BCUT2D eigenvalue weighted by Crippen LogP contribution is -2.44. The van der Waals surface area contributed by atoms with E-state index in [4.69, 9.17) is 9.84 Å². The topological polar surface area (TPSA) is 75.6 Å². The molecule has 0 radical (unpaired) electrons. The van der Waals surface area contributed by atoms with Gasteiger partial charge in [0.15, 0.2) is 4.90 Å². The van der Waals surface area contributed by atoms with Crippen LogP contribution in [0.1, 0.15) is 13.8 Å². The molecular formula is C15H22NO4S+. The monoisotopic (exact) mass is 312 g/mol. The molecule has 21 heavy (non-hydrogen) atoms. The van der Waals surface area contributed by atoms with Crippen LogP contribution in [0.5, 0.6) is 0 Å². The molecular weight excluding hydrogens is 290 g/mol. The maximum atomic E-state index is 11.6. The van der Waals surface area contributed by atoms with E-state index in [1.807, 2.05) is 30.3 Å². The molecule has 0 aliphatic carbocycles. The average Bonchev–Trinajstić information content (AvgIpc) is 2.45. The van der Waals surface area contributed by atoms with E-state index in [-0.39, 0.29) is 23.4 Å². The van der Waals surface area contributed by atoms with Crippen molar-refractivity contribution in [3.63, 3.8) is 0 Å². The minimum atomic E-state index is -1.05. The zero-order valence-electron chi connectivity index (χ0n) is 12.5. The van der Waals surface area contributed by atoms with Crippen molar-refractivity contribution in [3.05, 3.63) is 30.3 Å². The summed E-state index contributed by atoms with van der Waals surface area (Å²) in [6.45, 7) is 3.74. The number of alkyl carbamates (subject to hydrolysis) is 1. The summed E-state index contributed by atoms with van der Waals surface area (Å²) in [6.07, 6.45) is 1.41. The molecule has 1 aromatic rings. The van der Waals surface area contributed by atoms with Gasteiger partial charge >= 0.3 is 12.1 Å². The van der Waals surface area contributed by atoms with Crippen molar-refractivity contribution in [1.82, 2.24) is 5.32 Å². The van der Waals surface area contributed by atoms with Crippen LogP contribution in [0, 0.1) is 5.92 Å². The molecule has 1 aromatic carbocycles. The lowest BCUT2D eigenvalue weighted by Gasteiger charge is -2.17. The Hall–Kier alpha value is -1.69. The fourth-order valence-corrected chi connectivity index (χ4v) is 2.90. The molecule has 6 heteroatoms. The van der Waals surface area contributed by atoms with Gasteiger partial charge in [0, 0.05) is 10.9 Å². The minimum Gasteiger partial charge on any atom is -0.480 e. The van der Waals surface area contributed by atoms with E-state index in [9.17, 15) is 9.59 Å². The van der Waals surface area contributed by atoms with Crippen LogP contribution >= 0.6 is 0 Å². The predicted molar refractivity (Wildman–Crippen MR) is 83.6 cm³/mol. The molecule has 0 spiro atoms. The van der Waals surface area contributed by atoms with Gasteiger partial charge in [-0.25, -0.2) is 9.59 Å². The Balaban J connectivity index is 2.35. The second kappa shape index (κ2) is 8.56. The van der Waals surface area contributed by atoms with Crippen LogP contribution < -0.4 is 5.32 Å². The molecule has 0 fully saturated rings. The van der Waals surface area contributed by atoms with Crippen molar-refractivity contribution < 1.29 is 19.4 Å². The molecule has 0 saturated heterocycles. The molecule has 0 aliphatic rings. The third-order valence-corrected chi connectivity index (χ3v) is 4.83. The summed E-state index contributed by atoms with van der Waals surface area (Å²) in [6, 6.07) is 9.08. The van der Waals surface area contributed by atoms with Crippen molar-refractivity contribution in [1.29, 1.82) is 0 Å². The zero-order valence-corrected chi connectivity index (χ0v) is 13.4. The molecule has 1 amide bonds. The summed E-state index contributed by atoms with van der Waals surface area (Å²) in [7, 11) is -0.00141. The van der Waals surface area contributed by atoms with E-state index in [2.05, 4.69) is 11.6 Å². The third-order valence-electron chi connectivity index (χ3n) is 2.97. The minimum absolute atomic E-state index is 0.00141. The van der Waals surface area contributed by atoms with Crippen molar-refractivity contribution >= 4 is 23.0 Å². The molecule has 2 N–H and O–H groups in total. The number of carboxylic acids is 1. The number of carbonyl (C=O) groups excluding carboxylic acids is 1. The van der Waals surface area contributed by atoms with E-state index < -0.39 is 18.1 Å². The van der Waals surface area contributed by atoms with Gasteiger partial charge in [-0.3, -0.25) is 0 Å². The Bertz CT molecular complexity index is 464. The first kappa shape index (κ1) is 17.4. The summed E-state index contributed by atoms with van der Waals surface area (Å²) < 4.78 is 5.06. The van der Waals surface area contributed by atoms with Crippen LogP contribution in [0.25, 0.3) is 0 Å². The highest BCUT2D eigenvalue weighted by molar-refractivity contribution is 7.96. The van der Waals surface area contributed by atoms with Crippen molar-refractivity contribution in [2.24, 2.45) is 5.92 Å². The Morgan fingerprint density at radius 2 is 1.90 bits per heavy atom.